The van der Waals surface area contributed by atoms with Crippen LogP contribution >= 0.6 is 46.3 Å². The zero-order valence-electron chi connectivity index (χ0n) is 18.9. The van der Waals surface area contributed by atoms with Crippen molar-refractivity contribution in [2.75, 3.05) is 10.5 Å². The molecule has 2 heterocycles. The second kappa shape index (κ2) is 10.8. The van der Waals surface area contributed by atoms with Gasteiger partial charge in [0.15, 0.2) is 11.6 Å². The number of nitrogens with zero attached hydrogens (tertiary/aromatic N) is 2. The zero-order chi connectivity index (χ0) is 27.9. The second-order valence-corrected chi connectivity index (χ2v) is 12.9. The number of aromatic nitrogens is 2. The molecule has 0 fully saturated rings. The van der Waals surface area contributed by atoms with Gasteiger partial charge in [0.1, 0.15) is 10.6 Å². The number of imidazole rings is 1. The number of thioether (sulfide) groups is 1. The summed E-state index contributed by atoms with van der Waals surface area (Å²) in [4.78, 5) is 16.4. The summed E-state index contributed by atoms with van der Waals surface area (Å²) < 4.78 is 93.1. The number of benzene rings is 1. The molecule has 0 amide bonds. The first-order valence-electron chi connectivity index (χ1n) is 10.3. The zero-order valence-corrected chi connectivity index (χ0v) is 22.9. The van der Waals surface area contributed by atoms with Gasteiger partial charge in [-0.15, -0.1) is 23.1 Å². The van der Waals surface area contributed by atoms with Crippen molar-refractivity contribution in [3.63, 3.8) is 0 Å². The van der Waals surface area contributed by atoms with Gasteiger partial charge in [-0.05, 0) is 44.6 Å². The first-order chi connectivity index (χ1) is 17.0. The van der Waals surface area contributed by atoms with Gasteiger partial charge in [0.2, 0.25) is 0 Å². The van der Waals surface area contributed by atoms with Crippen LogP contribution in [-0.2, 0) is 10.0 Å². The van der Waals surface area contributed by atoms with Crippen molar-refractivity contribution in [1.82, 2.24) is 9.55 Å². The van der Waals surface area contributed by atoms with Gasteiger partial charge in [-0.2, -0.15) is 26.9 Å². The van der Waals surface area contributed by atoms with Crippen LogP contribution in [0.4, 0.5) is 27.8 Å². The predicted molar refractivity (Wildman–Crippen MR) is 133 cm³/mol. The maximum Gasteiger partial charge on any atom is 0.453 e. The van der Waals surface area contributed by atoms with Gasteiger partial charge in [0, 0.05) is 22.0 Å². The number of phenolic OH excluding ortho intramolecular Hbond substituents is 1. The van der Waals surface area contributed by atoms with Gasteiger partial charge in [-0.1, -0.05) is 23.2 Å². The van der Waals surface area contributed by atoms with E-state index in [2.05, 4.69) is 9.71 Å². The van der Waals surface area contributed by atoms with Crippen LogP contribution in [0, 0.1) is 13.8 Å². The van der Waals surface area contributed by atoms with Crippen LogP contribution in [0.5, 0.6) is 5.75 Å². The molecule has 0 spiro atoms. The maximum atomic E-state index is 13.1. The fourth-order valence-corrected chi connectivity index (χ4v) is 7.46. The Morgan fingerprint density at radius 1 is 1.16 bits per heavy atom. The van der Waals surface area contributed by atoms with E-state index in [9.17, 15) is 40.3 Å². The standard InChI is InChI=1S/C20H18Cl2F5N3O4S3/c1-9-10(2)36-17(35-6-4-3-5-19(23,24)20(25,26)27)14-16(28-18(32)30(9)14)29-37(33,34)13-8-11(21)7-12(22)15(13)31/h7-8,31H,3-6H2,1-2H3,(H,28,29,32). The van der Waals surface area contributed by atoms with E-state index in [1.165, 1.54) is 11.3 Å². The highest BCUT2D eigenvalue weighted by Crippen LogP contribution is 2.42. The highest BCUT2D eigenvalue weighted by Gasteiger charge is 2.56. The lowest BCUT2D eigenvalue weighted by Gasteiger charge is -2.19. The van der Waals surface area contributed by atoms with Gasteiger partial charge in [0.25, 0.3) is 10.0 Å². The summed E-state index contributed by atoms with van der Waals surface area (Å²) in [5.74, 6) is -5.83. The quantitative estimate of drug-likeness (QED) is 0.157. The van der Waals surface area contributed by atoms with Gasteiger partial charge in [0.05, 0.1) is 9.23 Å². The summed E-state index contributed by atoms with van der Waals surface area (Å²) in [5, 5.41) is 9.73. The normalized spacial score (nSPS) is 12.9. The number of alkyl halides is 5. The number of anilines is 1. The van der Waals surface area contributed by atoms with Crippen LogP contribution in [0.15, 0.2) is 26.0 Å². The molecule has 0 unspecified atom stereocenters. The molecule has 2 aliphatic heterocycles. The van der Waals surface area contributed by atoms with E-state index in [0.717, 1.165) is 28.5 Å². The highest BCUT2D eigenvalue weighted by atomic mass is 35.5. The lowest BCUT2D eigenvalue weighted by atomic mass is 10.1. The molecule has 37 heavy (non-hydrogen) atoms. The van der Waals surface area contributed by atoms with Crippen LogP contribution in [0.2, 0.25) is 10.0 Å². The van der Waals surface area contributed by atoms with Crippen molar-refractivity contribution in [1.29, 1.82) is 0 Å². The molecule has 0 radical (unpaired) electrons. The molecule has 0 saturated heterocycles. The second-order valence-electron chi connectivity index (χ2n) is 7.81. The summed E-state index contributed by atoms with van der Waals surface area (Å²) in [6.45, 7) is 3.30. The molecule has 2 aliphatic rings. The van der Waals surface area contributed by atoms with Gasteiger partial charge in [-0.3, -0.25) is 9.29 Å². The third-order valence-electron chi connectivity index (χ3n) is 5.18. The van der Waals surface area contributed by atoms with E-state index in [1.807, 2.05) is 0 Å². The van der Waals surface area contributed by atoms with E-state index in [-0.39, 0.29) is 33.7 Å². The average Bonchev–Trinajstić information content (AvgIpc) is 3.08. The van der Waals surface area contributed by atoms with Crippen LogP contribution in [-0.4, -0.2) is 40.9 Å². The fraction of sp³-hybridized carbons (Fsp3) is 0.400. The minimum atomic E-state index is -5.63. The molecule has 0 bridgehead atoms. The summed E-state index contributed by atoms with van der Waals surface area (Å²) in [6, 6.07) is 2.08. The van der Waals surface area contributed by atoms with E-state index in [0.29, 0.717) is 14.8 Å². The Kier molecular flexibility index (Phi) is 8.64. The number of sulfonamides is 1. The Labute approximate surface area is 226 Å². The number of rotatable bonds is 9. The molecule has 0 atom stereocenters. The van der Waals surface area contributed by atoms with Crippen LogP contribution < -0.4 is 10.4 Å². The summed E-state index contributed by atoms with van der Waals surface area (Å²) in [6.07, 6.45) is -7.41. The lowest BCUT2D eigenvalue weighted by Crippen LogP contribution is -2.36. The van der Waals surface area contributed by atoms with Crippen LogP contribution in [0.25, 0.3) is 5.69 Å². The molecule has 17 heteroatoms. The van der Waals surface area contributed by atoms with Crippen LogP contribution in [0.3, 0.4) is 0 Å². The molecule has 2 N–H and O–H groups in total. The molecule has 204 valence electrons. The Morgan fingerprint density at radius 3 is 2.43 bits per heavy atom. The lowest BCUT2D eigenvalue weighted by molar-refractivity contribution is -0.284. The predicted octanol–water partition coefficient (Wildman–Crippen LogP) is 6.62. The first-order valence-corrected chi connectivity index (χ1v) is 14.3. The molecular weight excluding hydrogens is 608 g/mol. The molecule has 1 aromatic rings. The van der Waals surface area contributed by atoms with Crippen molar-refractivity contribution >= 4 is 62.1 Å². The van der Waals surface area contributed by atoms with Crippen molar-refractivity contribution < 1.29 is 35.5 Å². The third kappa shape index (κ3) is 6.27. The Hall–Kier alpha value is -1.81. The van der Waals surface area contributed by atoms with E-state index in [1.54, 1.807) is 13.8 Å². The minimum absolute atomic E-state index is 0.00352. The number of halogens is 7. The summed E-state index contributed by atoms with van der Waals surface area (Å²) in [5.41, 5.74) is -0.271. The van der Waals surface area contributed by atoms with Gasteiger partial charge >= 0.3 is 17.8 Å². The molecule has 3 rings (SSSR count). The first kappa shape index (κ1) is 29.7. The largest absolute Gasteiger partial charge is 0.505 e. The number of phenols is 1. The van der Waals surface area contributed by atoms with Crippen molar-refractivity contribution in [3.8, 4) is 11.4 Å². The monoisotopic (exact) mass is 625 g/mol. The number of unbranched alkanes of at least 4 members (excludes halogenated alkanes) is 1. The summed E-state index contributed by atoms with van der Waals surface area (Å²) >= 11 is 13.9. The van der Waals surface area contributed by atoms with Gasteiger partial charge in [-0.25, -0.2) is 13.2 Å². The van der Waals surface area contributed by atoms with Crippen LogP contribution in [0.1, 0.15) is 29.8 Å². The van der Waals surface area contributed by atoms with Crippen molar-refractivity contribution in [2.24, 2.45) is 0 Å². The number of nitrogens with one attached hydrogen (secondary N) is 1. The summed E-state index contributed by atoms with van der Waals surface area (Å²) in [7, 11) is -4.54. The molecular formula is C20H18Cl2F5N3O4S3. The number of hydrogen-bond acceptors (Lipinski definition) is 7. The number of hydrogen-bond donors (Lipinski definition) is 2. The third-order valence-corrected chi connectivity index (χ3v) is 9.57. The van der Waals surface area contributed by atoms with Crippen molar-refractivity contribution in [3.05, 3.63) is 43.2 Å². The average molecular weight is 626 g/mol. The fourth-order valence-electron chi connectivity index (χ4n) is 3.17. The number of aryl methyl sites for hydroxylation is 1. The maximum absolute atomic E-state index is 13.1. The Morgan fingerprint density at radius 2 is 1.81 bits per heavy atom. The molecule has 0 aromatic heterocycles. The van der Waals surface area contributed by atoms with Gasteiger partial charge < -0.3 is 5.11 Å². The molecule has 1 aromatic carbocycles. The SMILES string of the molecule is Cc1sc(SCCCCC(F)(F)C(F)(F)F)c2c(NS(=O)(=O)c3cc(Cl)cc(Cl)c3O)nc(=O)n-2c1C. The number of fused-ring (bicyclic) bond motifs is 1. The van der Waals surface area contributed by atoms with E-state index >= 15 is 0 Å². The topological polar surface area (TPSA) is 101 Å². The number of aromatic hydroxyl groups is 1. The smallest absolute Gasteiger partial charge is 0.453 e. The molecule has 7 nitrogen and oxygen atoms in total. The Balaban J connectivity index is 1.91. The molecule has 0 aliphatic carbocycles. The van der Waals surface area contributed by atoms with E-state index < -0.39 is 51.3 Å². The van der Waals surface area contributed by atoms with E-state index in [4.69, 9.17) is 23.2 Å². The Bertz CT molecular complexity index is 1460. The highest BCUT2D eigenvalue weighted by molar-refractivity contribution is 8.01. The van der Waals surface area contributed by atoms with Crippen molar-refractivity contribution in [2.45, 2.75) is 54.3 Å². The molecule has 0 saturated carbocycles. The minimum Gasteiger partial charge on any atom is -0.505 e.